The number of fused-ring (bicyclic) bond motifs is 4. The molecule has 1 N–H and O–H groups in total. The lowest BCUT2D eigenvalue weighted by atomic mass is 9.79. The minimum absolute atomic E-state index is 0.141. The molecule has 28 heavy (non-hydrogen) atoms. The van der Waals surface area contributed by atoms with Crippen molar-refractivity contribution in [2.75, 3.05) is 13.1 Å². The average molecular weight is 378 g/mol. The van der Waals surface area contributed by atoms with Crippen LogP contribution in [0.4, 0.5) is 4.39 Å². The summed E-state index contributed by atoms with van der Waals surface area (Å²) < 4.78 is 14.8. The molecular weight excluding hydrogens is 355 g/mol. The van der Waals surface area contributed by atoms with Crippen LogP contribution in [0.1, 0.15) is 59.5 Å². The summed E-state index contributed by atoms with van der Waals surface area (Å²) in [5.74, 6) is -1.09. The van der Waals surface area contributed by atoms with E-state index in [0.717, 1.165) is 41.8 Å². The molecule has 144 valence electrons. The molecule has 0 amide bonds. The van der Waals surface area contributed by atoms with E-state index >= 15 is 0 Å². The van der Waals surface area contributed by atoms with Crippen molar-refractivity contribution in [1.29, 1.82) is 0 Å². The summed E-state index contributed by atoms with van der Waals surface area (Å²) in [6.07, 6.45) is 4.97. The quantitative estimate of drug-likeness (QED) is 0.865. The second-order valence-electron chi connectivity index (χ2n) is 8.16. The lowest BCUT2D eigenvalue weighted by Gasteiger charge is -2.45. The van der Waals surface area contributed by atoms with Gasteiger partial charge in [0, 0.05) is 17.8 Å². The third-order valence-electron chi connectivity index (χ3n) is 6.62. The van der Waals surface area contributed by atoms with Gasteiger partial charge in [0.2, 0.25) is 0 Å². The summed E-state index contributed by atoms with van der Waals surface area (Å²) in [5, 5.41) is 9.51. The predicted molar refractivity (Wildman–Crippen MR) is 105 cm³/mol. The van der Waals surface area contributed by atoms with Gasteiger partial charge >= 0.3 is 5.97 Å². The lowest BCUT2D eigenvalue weighted by Crippen LogP contribution is -2.44. The van der Waals surface area contributed by atoms with Gasteiger partial charge in [0.05, 0.1) is 6.04 Å². The zero-order valence-electron chi connectivity index (χ0n) is 15.6. The molecule has 2 bridgehead atoms. The Bertz CT molecular complexity index is 949. The van der Waals surface area contributed by atoms with Gasteiger partial charge in [-0.15, -0.1) is 0 Å². The first-order valence-corrected chi connectivity index (χ1v) is 10.00. The number of hydrogen-bond donors (Lipinski definition) is 1. The Morgan fingerprint density at radius 3 is 2.50 bits per heavy atom. The number of carbonyl (C=O) groups is 1. The summed E-state index contributed by atoms with van der Waals surface area (Å²) >= 11 is 0. The number of piperidine rings is 3. The topological polar surface area (TPSA) is 52.9 Å². The van der Waals surface area contributed by atoms with E-state index in [2.05, 4.69) is 9.89 Å². The van der Waals surface area contributed by atoms with Crippen molar-refractivity contribution in [2.45, 2.75) is 37.3 Å². The molecule has 3 fully saturated rings. The molecule has 2 aromatic carbocycles. The third-order valence-corrected chi connectivity index (χ3v) is 6.62. The van der Waals surface area contributed by atoms with E-state index in [4.69, 9.17) is 0 Å². The van der Waals surface area contributed by atoms with Crippen LogP contribution in [0.25, 0.3) is 0 Å². The van der Waals surface area contributed by atoms with Crippen LogP contribution in [-0.4, -0.2) is 35.3 Å². The van der Waals surface area contributed by atoms with Crippen molar-refractivity contribution < 1.29 is 14.3 Å². The van der Waals surface area contributed by atoms with Crippen molar-refractivity contribution in [3.05, 3.63) is 70.5 Å². The fourth-order valence-corrected chi connectivity index (χ4v) is 5.11. The van der Waals surface area contributed by atoms with Crippen LogP contribution >= 0.6 is 0 Å². The van der Waals surface area contributed by atoms with Gasteiger partial charge in [-0.3, -0.25) is 14.7 Å². The normalized spacial score (nSPS) is 30.8. The van der Waals surface area contributed by atoms with E-state index in [1.807, 2.05) is 30.3 Å². The van der Waals surface area contributed by atoms with Gasteiger partial charge < -0.3 is 5.11 Å². The first-order valence-electron chi connectivity index (χ1n) is 10.00. The monoisotopic (exact) mass is 378 g/mol. The summed E-state index contributed by atoms with van der Waals surface area (Å²) in [6.45, 7) is 2.09. The molecule has 3 unspecified atom stereocenters. The van der Waals surface area contributed by atoms with Gasteiger partial charge in [-0.05, 0) is 67.1 Å². The van der Waals surface area contributed by atoms with Gasteiger partial charge in [-0.1, -0.05) is 30.3 Å². The van der Waals surface area contributed by atoms with Crippen LogP contribution in [0.15, 0.2) is 47.5 Å². The third kappa shape index (κ3) is 2.85. The van der Waals surface area contributed by atoms with E-state index < -0.39 is 11.9 Å². The highest BCUT2D eigenvalue weighted by Crippen LogP contribution is 2.43. The Kier molecular flexibility index (Phi) is 4.27. The summed E-state index contributed by atoms with van der Waals surface area (Å²) in [4.78, 5) is 18.6. The van der Waals surface area contributed by atoms with Crippen molar-refractivity contribution in [3.63, 3.8) is 0 Å². The second kappa shape index (κ2) is 6.82. The first-order chi connectivity index (χ1) is 13.6. The van der Waals surface area contributed by atoms with E-state index in [9.17, 15) is 14.3 Å². The number of aliphatic imine (C=N–C) groups is 1. The van der Waals surface area contributed by atoms with Crippen LogP contribution < -0.4 is 0 Å². The molecule has 0 aliphatic carbocycles. The van der Waals surface area contributed by atoms with Crippen molar-refractivity contribution >= 4 is 12.2 Å². The molecule has 6 rings (SSSR count). The number of halogens is 1. The molecule has 4 nitrogen and oxygen atoms in total. The Morgan fingerprint density at radius 2 is 1.82 bits per heavy atom. The van der Waals surface area contributed by atoms with Crippen molar-refractivity contribution in [2.24, 2.45) is 10.9 Å². The van der Waals surface area contributed by atoms with Crippen molar-refractivity contribution in [1.82, 2.24) is 4.90 Å². The molecule has 0 radical (unpaired) electrons. The minimum Gasteiger partial charge on any atom is -0.481 e. The highest BCUT2D eigenvalue weighted by molar-refractivity contribution is 5.96. The molecule has 3 saturated heterocycles. The number of carboxylic acid groups (broad SMARTS) is 1. The van der Waals surface area contributed by atoms with Crippen LogP contribution in [-0.2, 0) is 4.79 Å². The Hall–Kier alpha value is -2.53. The second-order valence-corrected chi connectivity index (χ2v) is 8.16. The van der Waals surface area contributed by atoms with Crippen LogP contribution in [0, 0.1) is 11.7 Å². The fraction of sp³-hybridized carbons (Fsp3) is 0.391. The van der Waals surface area contributed by atoms with E-state index in [-0.39, 0.29) is 17.9 Å². The smallest absolute Gasteiger partial charge is 0.316 e. The molecule has 5 heteroatoms. The van der Waals surface area contributed by atoms with E-state index in [1.165, 1.54) is 19.1 Å². The molecular formula is C23H23FN2O2. The number of nitrogens with zero attached hydrogens (tertiary/aromatic N) is 2. The van der Waals surface area contributed by atoms with Crippen LogP contribution in [0.5, 0.6) is 0 Å². The van der Waals surface area contributed by atoms with Crippen LogP contribution in [0.3, 0.4) is 0 Å². The zero-order chi connectivity index (χ0) is 19.3. The van der Waals surface area contributed by atoms with Gasteiger partial charge in [-0.2, -0.15) is 0 Å². The maximum absolute atomic E-state index is 14.8. The van der Waals surface area contributed by atoms with Gasteiger partial charge in [-0.25, -0.2) is 4.39 Å². The maximum atomic E-state index is 14.8. The Morgan fingerprint density at radius 1 is 1.07 bits per heavy atom. The molecule has 4 aliphatic heterocycles. The molecule has 0 spiro atoms. The molecule has 4 aliphatic rings. The SMILES string of the molecule is O=C(O)C1C=NC(c2ccc(F)c(C3CC4CCN3CC4)c2)c2ccccc21. The number of hydrogen-bond acceptors (Lipinski definition) is 3. The van der Waals surface area contributed by atoms with Gasteiger partial charge in [0.25, 0.3) is 0 Å². The summed E-state index contributed by atoms with van der Waals surface area (Å²) in [6, 6.07) is 12.7. The van der Waals surface area contributed by atoms with Gasteiger partial charge in [0.1, 0.15) is 11.7 Å². The predicted octanol–water partition coefficient (Wildman–Crippen LogP) is 4.32. The lowest BCUT2D eigenvalue weighted by molar-refractivity contribution is -0.137. The molecule has 2 aromatic rings. The average Bonchev–Trinajstić information content (AvgIpc) is 2.74. The summed E-state index contributed by atoms with van der Waals surface area (Å²) in [7, 11) is 0. The fourth-order valence-electron chi connectivity index (χ4n) is 5.11. The van der Waals surface area contributed by atoms with E-state index in [1.54, 1.807) is 12.1 Å². The zero-order valence-corrected chi connectivity index (χ0v) is 15.6. The molecule has 4 heterocycles. The number of benzene rings is 2. The maximum Gasteiger partial charge on any atom is 0.316 e. The molecule has 0 saturated carbocycles. The van der Waals surface area contributed by atoms with Crippen molar-refractivity contribution in [3.8, 4) is 0 Å². The summed E-state index contributed by atoms with van der Waals surface area (Å²) in [5.41, 5.74) is 3.34. The number of aliphatic carboxylic acids is 1. The first kappa shape index (κ1) is 17.6. The molecule has 3 atom stereocenters. The standard InChI is InChI=1S/C23H23FN2O2/c24-20-6-5-15(12-18(20)21-11-14-7-9-26(21)10-8-14)22-17-4-2-1-3-16(17)19(13-25-22)23(27)28/h1-6,12-14,19,21-22H,7-11H2,(H,27,28). The molecule has 0 aromatic heterocycles. The largest absolute Gasteiger partial charge is 0.481 e. The number of rotatable bonds is 3. The highest BCUT2D eigenvalue weighted by Gasteiger charge is 2.36. The van der Waals surface area contributed by atoms with E-state index in [0.29, 0.717) is 5.92 Å². The van der Waals surface area contributed by atoms with Gasteiger partial charge in [0.15, 0.2) is 0 Å². The minimum atomic E-state index is -0.902. The Labute approximate surface area is 163 Å². The Balaban J connectivity index is 1.54. The highest BCUT2D eigenvalue weighted by atomic mass is 19.1. The number of carboxylic acids is 1. The van der Waals surface area contributed by atoms with Crippen LogP contribution in [0.2, 0.25) is 0 Å².